The maximum Gasteiger partial charge on any atom is 0.354 e. The van der Waals surface area contributed by atoms with Crippen molar-refractivity contribution < 1.29 is 24.2 Å². The van der Waals surface area contributed by atoms with Crippen LogP contribution >= 0.6 is 7.60 Å². The Labute approximate surface area is 71.5 Å². The van der Waals surface area contributed by atoms with Crippen molar-refractivity contribution >= 4 is 7.60 Å². The Bertz CT molecular complexity index is 154. The number of aliphatic hydroxyl groups is 1. The van der Waals surface area contributed by atoms with Gasteiger partial charge in [-0.15, -0.1) is 0 Å². The summed E-state index contributed by atoms with van der Waals surface area (Å²) in [6.07, 6.45) is 0.950. The van der Waals surface area contributed by atoms with E-state index in [0.717, 1.165) is 0 Å². The summed E-state index contributed by atoms with van der Waals surface area (Å²) in [4.78, 5) is 17.5. The highest BCUT2D eigenvalue weighted by Crippen LogP contribution is 2.43. The molecule has 0 fully saturated rings. The Kier molecular flexibility index (Phi) is 5.70. The third kappa shape index (κ3) is 4.85. The topological polar surface area (TPSA) is 87.0 Å². The molecule has 0 heterocycles. The summed E-state index contributed by atoms with van der Waals surface area (Å²) in [5.74, 6) is -1.06. The molecule has 0 saturated heterocycles. The fraction of sp³-hybridized carbons (Fsp3) is 1.00. The molecule has 0 rings (SSSR count). The molecule has 0 aliphatic heterocycles. The van der Waals surface area contributed by atoms with E-state index in [-0.39, 0.29) is 13.2 Å². The molecule has 0 spiro atoms. The van der Waals surface area contributed by atoms with Gasteiger partial charge in [0.15, 0.2) is 5.85 Å². The molecule has 0 aromatic rings. The Morgan fingerprint density at radius 3 is 2.42 bits per heavy atom. The van der Waals surface area contributed by atoms with E-state index < -0.39 is 13.4 Å². The normalized spacial score (nSPS) is 14.7. The standard InChI is InChI=1S/C6H15O5P/c1-2-3-6(11-5-4-7)12(8,9)10/h6-7H,2-5H2,1H3,(H2,8,9,10). The van der Waals surface area contributed by atoms with Gasteiger partial charge in [0, 0.05) is 0 Å². The Balaban J connectivity index is 3.95. The first-order valence-corrected chi connectivity index (χ1v) is 5.48. The minimum atomic E-state index is -4.16. The van der Waals surface area contributed by atoms with Crippen molar-refractivity contribution in [2.45, 2.75) is 25.6 Å². The van der Waals surface area contributed by atoms with Crippen LogP contribution in [0.4, 0.5) is 0 Å². The third-order valence-electron chi connectivity index (χ3n) is 1.31. The highest BCUT2D eigenvalue weighted by molar-refractivity contribution is 7.52. The molecular weight excluding hydrogens is 183 g/mol. The first-order valence-electron chi connectivity index (χ1n) is 3.80. The van der Waals surface area contributed by atoms with Gasteiger partial charge in [-0.3, -0.25) is 4.57 Å². The second-order valence-electron chi connectivity index (χ2n) is 2.43. The number of hydrogen-bond acceptors (Lipinski definition) is 3. The molecule has 0 aliphatic carbocycles. The monoisotopic (exact) mass is 198 g/mol. The molecular formula is C6H15O5P. The first-order chi connectivity index (χ1) is 5.52. The van der Waals surface area contributed by atoms with E-state index in [1.54, 1.807) is 0 Å². The van der Waals surface area contributed by atoms with Gasteiger partial charge in [0.2, 0.25) is 0 Å². The van der Waals surface area contributed by atoms with Crippen molar-refractivity contribution in [2.75, 3.05) is 13.2 Å². The highest BCUT2D eigenvalue weighted by atomic mass is 31.2. The van der Waals surface area contributed by atoms with E-state index in [2.05, 4.69) is 0 Å². The van der Waals surface area contributed by atoms with Crippen molar-refractivity contribution in [2.24, 2.45) is 0 Å². The van der Waals surface area contributed by atoms with E-state index >= 15 is 0 Å². The van der Waals surface area contributed by atoms with Crippen LogP contribution in [0.1, 0.15) is 19.8 Å². The minimum Gasteiger partial charge on any atom is -0.394 e. The second-order valence-corrected chi connectivity index (χ2v) is 4.18. The lowest BCUT2D eigenvalue weighted by molar-refractivity contribution is 0.0523. The van der Waals surface area contributed by atoms with E-state index in [4.69, 9.17) is 19.6 Å². The van der Waals surface area contributed by atoms with Crippen molar-refractivity contribution in [3.63, 3.8) is 0 Å². The van der Waals surface area contributed by atoms with E-state index in [1.165, 1.54) is 0 Å². The van der Waals surface area contributed by atoms with E-state index in [1.807, 2.05) is 6.92 Å². The second kappa shape index (κ2) is 5.67. The summed E-state index contributed by atoms with van der Waals surface area (Å²) in [7, 11) is -4.16. The van der Waals surface area contributed by atoms with E-state index in [0.29, 0.717) is 12.8 Å². The summed E-state index contributed by atoms with van der Waals surface area (Å²) in [5, 5.41) is 8.37. The molecule has 0 aromatic carbocycles. The number of rotatable bonds is 6. The fourth-order valence-electron chi connectivity index (χ4n) is 0.784. The quantitative estimate of drug-likeness (QED) is 0.534. The van der Waals surface area contributed by atoms with Crippen LogP contribution in [0.2, 0.25) is 0 Å². The molecule has 12 heavy (non-hydrogen) atoms. The van der Waals surface area contributed by atoms with E-state index in [9.17, 15) is 4.57 Å². The first kappa shape index (κ1) is 12.1. The molecule has 74 valence electrons. The molecule has 0 bridgehead atoms. The predicted molar refractivity (Wildman–Crippen MR) is 43.8 cm³/mol. The predicted octanol–water partition coefficient (Wildman–Crippen LogP) is 0.299. The summed E-state index contributed by atoms with van der Waals surface area (Å²) < 4.78 is 15.5. The lowest BCUT2D eigenvalue weighted by atomic mass is 10.4. The summed E-state index contributed by atoms with van der Waals surface area (Å²) >= 11 is 0. The average Bonchev–Trinajstić information content (AvgIpc) is 1.95. The number of ether oxygens (including phenoxy) is 1. The lowest BCUT2D eigenvalue weighted by Crippen LogP contribution is -2.15. The molecule has 0 aromatic heterocycles. The van der Waals surface area contributed by atoms with Crippen LogP contribution in [0.5, 0.6) is 0 Å². The molecule has 0 saturated carbocycles. The Hall–Kier alpha value is 0.0700. The fourth-order valence-corrected chi connectivity index (χ4v) is 1.68. The van der Waals surface area contributed by atoms with Gasteiger partial charge in [-0.25, -0.2) is 0 Å². The minimum absolute atomic E-state index is 0.0320. The largest absolute Gasteiger partial charge is 0.394 e. The van der Waals surface area contributed by atoms with Gasteiger partial charge in [0.05, 0.1) is 13.2 Å². The average molecular weight is 198 g/mol. The van der Waals surface area contributed by atoms with Crippen LogP contribution in [0.3, 0.4) is 0 Å². The van der Waals surface area contributed by atoms with Crippen molar-refractivity contribution in [1.82, 2.24) is 0 Å². The lowest BCUT2D eigenvalue weighted by Gasteiger charge is -2.17. The van der Waals surface area contributed by atoms with Gasteiger partial charge in [-0.05, 0) is 6.42 Å². The zero-order valence-electron chi connectivity index (χ0n) is 7.01. The Morgan fingerprint density at radius 2 is 2.08 bits per heavy atom. The third-order valence-corrected chi connectivity index (χ3v) is 2.47. The zero-order valence-corrected chi connectivity index (χ0v) is 7.91. The maximum absolute atomic E-state index is 10.7. The van der Waals surface area contributed by atoms with Gasteiger partial charge < -0.3 is 19.6 Å². The maximum atomic E-state index is 10.7. The molecule has 0 amide bonds. The summed E-state index contributed by atoms with van der Waals surface area (Å²) in [6.45, 7) is 1.56. The number of hydrogen-bond donors (Lipinski definition) is 3. The van der Waals surface area contributed by atoms with Crippen LogP contribution in [-0.4, -0.2) is 34.0 Å². The molecule has 0 radical (unpaired) electrons. The SMILES string of the molecule is CCCC(OCCO)P(=O)(O)O. The van der Waals surface area contributed by atoms with Crippen molar-refractivity contribution in [3.05, 3.63) is 0 Å². The number of aliphatic hydroxyl groups excluding tert-OH is 1. The van der Waals surface area contributed by atoms with Gasteiger partial charge in [-0.2, -0.15) is 0 Å². The smallest absolute Gasteiger partial charge is 0.354 e. The zero-order chi connectivity index (χ0) is 9.61. The van der Waals surface area contributed by atoms with Crippen LogP contribution < -0.4 is 0 Å². The van der Waals surface area contributed by atoms with Crippen LogP contribution in [0.15, 0.2) is 0 Å². The van der Waals surface area contributed by atoms with Gasteiger partial charge in [0.1, 0.15) is 0 Å². The van der Waals surface area contributed by atoms with Gasteiger partial charge in [-0.1, -0.05) is 13.3 Å². The van der Waals surface area contributed by atoms with Crippen molar-refractivity contribution in [3.8, 4) is 0 Å². The molecule has 5 nitrogen and oxygen atoms in total. The molecule has 0 aliphatic rings. The molecule has 3 N–H and O–H groups in total. The van der Waals surface area contributed by atoms with Crippen LogP contribution in [0.25, 0.3) is 0 Å². The van der Waals surface area contributed by atoms with Gasteiger partial charge in [0.25, 0.3) is 0 Å². The molecule has 1 atom stereocenters. The van der Waals surface area contributed by atoms with Gasteiger partial charge >= 0.3 is 7.60 Å². The van der Waals surface area contributed by atoms with Crippen LogP contribution in [0, 0.1) is 0 Å². The van der Waals surface area contributed by atoms with Crippen molar-refractivity contribution in [1.29, 1.82) is 0 Å². The molecule has 1 unspecified atom stereocenters. The Morgan fingerprint density at radius 1 is 1.50 bits per heavy atom. The highest BCUT2D eigenvalue weighted by Gasteiger charge is 2.28. The summed E-state index contributed by atoms with van der Waals surface area (Å²) in [6, 6.07) is 0. The molecule has 6 heteroatoms. The summed E-state index contributed by atoms with van der Waals surface area (Å²) in [5.41, 5.74) is 0. The van der Waals surface area contributed by atoms with Crippen LogP contribution in [-0.2, 0) is 9.30 Å².